The number of rotatable bonds is 7. The van der Waals surface area contributed by atoms with E-state index >= 15 is 0 Å². The van der Waals surface area contributed by atoms with E-state index in [1.165, 1.54) is 0 Å². The maximum absolute atomic E-state index is 11.9. The molecule has 6 heteroatoms. The second kappa shape index (κ2) is 9.23. The van der Waals surface area contributed by atoms with Crippen molar-refractivity contribution >= 4 is 17.5 Å². The van der Waals surface area contributed by atoms with Crippen LogP contribution in [0.25, 0.3) is 0 Å². The molecule has 2 N–H and O–H groups in total. The minimum atomic E-state index is -0.350. The van der Waals surface area contributed by atoms with Crippen molar-refractivity contribution in [2.75, 3.05) is 11.9 Å². The van der Waals surface area contributed by atoms with E-state index in [1.54, 1.807) is 30.3 Å². The normalized spacial score (nSPS) is 9.88. The molecule has 0 bridgehead atoms. The number of aryl methyl sites for hydroxylation is 2. The van der Waals surface area contributed by atoms with Crippen molar-refractivity contribution in [2.24, 2.45) is 0 Å². The van der Waals surface area contributed by atoms with Gasteiger partial charge in [-0.25, -0.2) is 0 Å². The first kappa shape index (κ1) is 19.0. The van der Waals surface area contributed by atoms with Gasteiger partial charge >= 0.3 is 0 Å². The summed E-state index contributed by atoms with van der Waals surface area (Å²) in [5.74, 6) is 0.136. The zero-order chi connectivity index (χ0) is 18.9. The van der Waals surface area contributed by atoms with Gasteiger partial charge in [-0.15, -0.1) is 0 Å². The van der Waals surface area contributed by atoms with Crippen molar-refractivity contribution in [1.29, 1.82) is 5.26 Å². The molecule has 0 aromatic heterocycles. The number of nitrogens with zero attached hydrogens (tertiary/aromatic N) is 1. The molecular weight excluding hydrogens is 330 g/mol. The molecule has 0 aliphatic rings. The molecule has 0 heterocycles. The van der Waals surface area contributed by atoms with Gasteiger partial charge in [-0.2, -0.15) is 5.26 Å². The Hall–Kier alpha value is -3.33. The first-order chi connectivity index (χ1) is 12.5. The van der Waals surface area contributed by atoms with Crippen molar-refractivity contribution in [1.82, 2.24) is 5.32 Å². The molecule has 0 saturated heterocycles. The summed E-state index contributed by atoms with van der Waals surface area (Å²) >= 11 is 0. The van der Waals surface area contributed by atoms with Crippen molar-refractivity contribution in [3.05, 3.63) is 59.2 Å². The van der Waals surface area contributed by atoms with Crippen LogP contribution in [-0.2, 0) is 16.1 Å². The average molecular weight is 351 g/mol. The number of ether oxygens (including phenoxy) is 1. The first-order valence-corrected chi connectivity index (χ1v) is 8.20. The second-order valence-corrected chi connectivity index (χ2v) is 5.91. The molecule has 0 atom stereocenters. The van der Waals surface area contributed by atoms with Gasteiger partial charge in [0.05, 0.1) is 6.07 Å². The van der Waals surface area contributed by atoms with Crippen molar-refractivity contribution in [2.45, 2.75) is 26.8 Å². The highest BCUT2D eigenvalue weighted by Gasteiger charge is 2.06. The molecular formula is C20H21N3O3. The minimum Gasteiger partial charge on any atom is -0.484 e. The van der Waals surface area contributed by atoms with E-state index in [0.29, 0.717) is 18.0 Å². The molecule has 0 aliphatic heterocycles. The van der Waals surface area contributed by atoms with Crippen LogP contribution < -0.4 is 15.4 Å². The van der Waals surface area contributed by atoms with Gasteiger partial charge in [-0.1, -0.05) is 29.8 Å². The monoisotopic (exact) mass is 351 g/mol. The lowest BCUT2D eigenvalue weighted by molar-refractivity contribution is -0.123. The third kappa shape index (κ3) is 5.95. The van der Waals surface area contributed by atoms with Crippen LogP contribution in [0.15, 0.2) is 42.5 Å². The van der Waals surface area contributed by atoms with Crippen LogP contribution >= 0.6 is 0 Å². The highest BCUT2D eigenvalue weighted by Crippen LogP contribution is 2.18. The molecule has 2 aromatic rings. The van der Waals surface area contributed by atoms with E-state index in [4.69, 9.17) is 10.00 Å². The van der Waals surface area contributed by atoms with Gasteiger partial charge < -0.3 is 15.4 Å². The van der Waals surface area contributed by atoms with E-state index in [2.05, 4.69) is 10.6 Å². The quantitative estimate of drug-likeness (QED) is 0.802. The molecule has 134 valence electrons. The summed E-state index contributed by atoms with van der Waals surface area (Å²) < 4.78 is 5.54. The van der Waals surface area contributed by atoms with Gasteiger partial charge in [0.25, 0.3) is 5.91 Å². The largest absolute Gasteiger partial charge is 0.484 e. The van der Waals surface area contributed by atoms with Gasteiger partial charge in [0.1, 0.15) is 12.2 Å². The van der Waals surface area contributed by atoms with Gasteiger partial charge in [0.2, 0.25) is 5.91 Å². The van der Waals surface area contributed by atoms with Gasteiger partial charge in [-0.05, 0) is 43.2 Å². The highest BCUT2D eigenvalue weighted by molar-refractivity contribution is 5.92. The maximum Gasteiger partial charge on any atom is 0.258 e. The molecule has 0 saturated carbocycles. The van der Waals surface area contributed by atoms with Crippen molar-refractivity contribution < 1.29 is 14.3 Å². The SMILES string of the molecule is Cc1ccc(OCC(=O)NCc2ccc(NC(=O)CC#N)cc2)c(C)c1. The lowest BCUT2D eigenvalue weighted by Gasteiger charge is -2.10. The summed E-state index contributed by atoms with van der Waals surface area (Å²) in [7, 11) is 0. The summed E-state index contributed by atoms with van der Waals surface area (Å²) in [5.41, 5.74) is 3.64. The van der Waals surface area contributed by atoms with Crippen LogP contribution in [0.5, 0.6) is 5.75 Å². The van der Waals surface area contributed by atoms with Crippen LogP contribution in [0, 0.1) is 25.2 Å². The van der Waals surface area contributed by atoms with E-state index in [9.17, 15) is 9.59 Å². The van der Waals surface area contributed by atoms with Crippen LogP contribution in [0.3, 0.4) is 0 Å². The summed E-state index contributed by atoms with van der Waals surface area (Å²) in [4.78, 5) is 23.3. The number of hydrogen-bond donors (Lipinski definition) is 2. The number of carbonyl (C=O) groups excluding carboxylic acids is 2. The Morgan fingerprint density at radius 2 is 1.81 bits per heavy atom. The fourth-order valence-corrected chi connectivity index (χ4v) is 2.34. The number of amides is 2. The fourth-order valence-electron chi connectivity index (χ4n) is 2.34. The molecule has 26 heavy (non-hydrogen) atoms. The zero-order valence-electron chi connectivity index (χ0n) is 14.8. The lowest BCUT2D eigenvalue weighted by Crippen LogP contribution is -2.28. The Balaban J connectivity index is 1.78. The van der Waals surface area contributed by atoms with E-state index in [-0.39, 0.29) is 24.8 Å². The fraction of sp³-hybridized carbons (Fsp3) is 0.250. The van der Waals surface area contributed by atoms with Crippen LogP contribution in [-0.4, -0.2) is 18.4 Å². The molecule has 0 spiro atoms. The van der Waals surface area contributed by atoms with Gasteiger partial charge in [0.15, 0.2) is 6.61 Å². The molecule has 0 aliphatic carbocycles. The predicted molar refractivity (Wildman–Crippen MR) is 98.6 cm³/mol. The van der Waals surface area contributed by atoms with Crippen LogP contribution in [0.1, 0.15) is 23.1 Å². The van der Waals surface area contributed by atoms with Crippen molar-refractivity contribution in [3.8, 4) is 11.8 Å². The number of nitriles is 1. The lowest BCUT2D eigenvalue weighted by atomic mass is 10.1. The van der Waals surface area contributed by atoms with E-state index < -0.39 is 0 Å². The number of benzene rings is 2. The predicted octanol–water partition coefficient (Wildman–Crippen LogP) is 2.85. The molecule has 0 fully saturated rings. The first-order valence-electron chi connectivity index (χ1n) is 8.20. The Bertz CT molecular complexity index is 823. The van der Waals surface area contributed by atoms with Crippen molar-refractivity contribution in [3.63, 3.8) is 0 Å². The molecule has 2 rings (SSSR count). The van der Waals surface area contributed by atoms with Crippen LogP contribution in [0.2, 0.25) is 0 Å². The Morgan fingerprint density at radius 1 is 1.08 bits per heavy atom. The Labute approximate surface area is 152 Å². The Kier molecular flexibility index (Phi) is 6.75. The maximum atomic E-state index is 11.9. The molecule has 2 amide bonds. The van der Waals surface area contributed by atoms with Gasteiger partial charge in [0, 0.05) is 12.2 Å². The smallest absolute Gasteiger partial charge is 0.258 e. The summed E-state index contributed by atoms with van der Waals surface area (Å²) in [6, 6.07) is 14.6. The molecule has 0 unspecified atom stereocenters. The molecule has 0 radical (unpaired) electrons. The number of hydrogen-bond acceptors (Lipinski definition) is 4. The third-order valence-electron chi connectivity index (χ3n) is 3.66. The highest BCUT2D eigenvalue weighted by atomic mass is 16.5. The topological polar surface area (TPSA) is 91.2 Å². The second-order valence-electron chi connectivity index (χ2n) is 5.91. The Morgan fingerprint density at radius 3 is 2.46 bits per heavy atom. The zero-order valence-corrected chi connectivity index (χ0v) is 14.8. The number of carbonyl (C=O) groups is 2. The number of anilines is 1. The summed E-state index contributed by atoms with van der Waals surface area (Å²) in [6.07, 6.45) is -0.182. The molecule has 2 aromatic carbocycles. The average Bonchev–Trinajstić information content (AvgIpc) is 2.60. The summed E-state index contributed by atoms with van der Waals surface area (Å²) in [5, 5.41) is 13.9. The standard InChI is InChI=1S/C20H21N3O3/c1-14-3-8-18(15(2)11-14)26-13-20(25)22-12-16-4-6-17(7-5-16)23-19(24)9-10-21/h3-8,11H,9,12-13H2,1-2H3,(H,22,25)(H,23,24). The van der Waals surface area contributed by atoms with Crippen LogP contribution in [0.4, 0.5) is 5.69 Å². The summed E-state index contributed by atoms with van der Waals surface area (Å²) in [6.45, 7) is 4.26. The van der Waals surface area contributed by atoms with Gasteiger partial charge in [-0.3, -0.25) is 9.59 Å². The molecule has 6 nitrogen and oxygen atoms in total. The third-order valence-corrected chi connectivity index (χ3v) is 3.66. The van der Waals surface area contributed by atoms with E-state index in [0.717, 1.165) is 16.7 Å². The van der Waals surface area contributed by atoms with E-state index in [1.807, 2.05) is 32.0 Å². The number of nitrogens with one attached hydrogen (secondary N) is 2. The minimum absolute atomic E-state index is 0.0494.